The van der Waals surface area contributed by atoms with Crippen LogP contribution in [-0.2, 0) is 14.8 Å². The Kier molecular flexibility index (Phi) is 6.22. The van der Waals surface area contributed by atoms with Crippen molar-refractivity contribution in [1.29, 1.82) is 0 Å². The molecule has 0 aliphatic carbocycles. The van der Waals surface area contributed by atoms with Crippen LogP contribution in [0, 0.1) is 6.92 Å². The number of sulfonamides is 1. The number of aliphatic hydroxyl groups excluding tert-OH is 1. The number of ether oxygens (including phenoxy) is 1. The molecule has 0 bridgehead atoms. The summed E-state index contributed by atoms with van der Waals surface area (Å²) < 4.78 is 31.1. The Morgan fingerprint density at radius 2 is 2.05 bits per heavy atom. The maximum absolute atomic E-state index is 12.5. The minimum absolute atomic E-state index is 0.0254. The average molecular weight is 308 g/mol. The maximum Gasteiger partial charge on any atom is 0.243 e. The molecule has 0 radical (unpaired) electrons. The Morgan fingerprint density at radius 3 is 2.63 bits per heavy atom. The summed E-state index contributed by atoms with van der Waals surface area (Å²) in [4.78, 5) is 0.157. The SMILES string of the molecule is COCCN(CCO)S(=O)(=O)c1cc(Cl)ccc1C. The van der Waals surface area contributed by atoms with E-state index in [0.717, 1.165) is 0 Å². The van der Waals surface area contributed by atoms with Gasteiger partial charge in [-0.2, -0.15) is 4.31 Å². The first kappa shape index (κ1) is 16.4. The molecule has 0 aliphatic heterocycles. The van der Waals surface area contributed by atoms with Crippen LogP contribution >= 0.6 is 11.6 Å². The average Bonchev–Trinajstić information content (AvgIpc) is 2.37. The molecular formula is C12H18ClNO4S. The Balaban J connectivity index is 3.14. The Morgan fingerprint density at radius 1 is 1.37 bits per heavy atom. The van der Waals surface area contributed by atoms with Gasteiger partial charge in [0.1, 0.15) is 0 Å². The second-order valence-corrected chi connectivity index (χ2v) is 6.37. The first-order valence-electron chi connectivity index (χ1n) is 5.79. The molecule has 0 aliphatic rings. The molecule has 0 saturated carbocycles. The van der Waals surface area contributed by atoms with E-state index in [0.29, 0.717) is 10.6 Å². The minimum Gasteiger partial charge on any atom is -0.395 e. The first-order chi connectivity index (χ1) is 8.93. The van der Waals surface area contributed by atoms with Crippen molar-refractivity contribution >= 4 is 21.6 Å². The van der Waals surface area contributed by atoms with Crippen LogP contribution in [0.3, 0.4) is 0 Å². The van der Waals surface area contributed by atoms with E-state index in [1.807, 2.05) is 0 Å². The smallest absolute Gasteiger partial charge is 0.243 e. The highest BCUT2D eigenvalue weighted by molar-refractivity contribution is 7.89. The molecule has 0 amide bonds. The lowest BCUT2D eigenvalue weighted by atomic mass is 10.2. The van der Waals surface area contributed by atoms with E-state index in [2.05, 4.69) is 0 Å². The van der Waals surface area contributed by atoms with E-state index in [1.54, 1.807) is 19.1 Å². The molecule has 0 atom stereocenters. The summed E-state index contributed by atoms with van der Waals surface area (Å²) in [5, 5.41) is 9.36. The summed E-state index contributed by atoms with van der Waals surface area (Å²) in [7, 11) is -2.19. The van der Waals surface area contributed by atoms with Crippen LogP contribution in [-0.4, -0.2) is 51.2 Å². The number of nitrogens with zero attached hydrogens (tertiary/aromatic N) is 1. The molecule has 1 N–H and O–H groups in total. The molecular weight excluding hydrogens is 290 g/mol. The van der Waals surface area contributed by atoms with Gasteiger partial charge in [-0.05, 0) is 24.6 Å². The minimum atomic E-state index is -3.68. The van der Waals surface area contributed by atoms with Crippen molar-refractivity contribution in [3.05, 3.63) is 28.8 Å². The van der Waals surface area contributed by atoms with Crippen LogP contribution in [0.15, 0.2) is 23.1 Å². The molecule has 0 spiro atoms. The highest BCUT2D eigenvalue weighted by atomic mass is 35.5. The lowest BCUT2D eigenvalue weighted by Gasteiger charge is -2.22. The summed E-state index contributed by atoms with van der Waals surface area (Å²) in [5.41, 5.74) is 0.616. The van der Waals surface area contributed by atoms with Gasteiger partial charge in [-0.3, -0.25) is 0 Å². The van der Waals surface area contributed by atoms with Gasteiger partial charge >= 0.3 is 0 Å². The van der Waals surface area contributed by atoms with Gasteiger partial charge in [0.05, 0.1) is 18.1 Å². The summed E-state index contributed by atoms with van der Waals surface area (Å²) in [6.07, 6.45) is 0. The largest absolute Gasteiger partial charge is 0.395 e. The van der Waals surface area contributed by atoms with Crippen molar-refractivity contribution in [1.82, 2.24) is 4.31 Å². The number of rotatable bonds is 7. The van der Waals surface area contributed by atoms with Crippen molar-refractivity contribution in [2.45, 2.75) is 11.8 Å². The zero-order chi connectivity index (χ0) is 14.5. The monoisotopic (exact) mass is 307 g/mol. The van der Waals surface area contributed by atoms with E-state index >= 15 is 0 Å². The molecule has 0 fully saturated rings. The van der Waals surface area contributed by atoms with Gasteiger partial charge in [-0.25, -0.2) is 8.42 Å². The van der Waals surface area contributed by atoms with Crippen molar-refractivity contribution < 1.29 is 18.3 Å². The third kappa shape index (κ3) is 4.15. The fourth-order valence-corrected chi connectivity index (χ4v) is 3.55. The normalized spacial score (nSPS) is 12.1. The predicted octanol–water partition coefficient (Wildman–Crippen LogP) is 1.28. The van der Waals surface area contributed by atoms with Crippen molar-refractivity contribution in [2.75, 3.05) is 33.4 Å². The number of aryl methyl sites for hydroxylation is 1. The van der Waals surface area contributed by atoms with Crippen molar-refractivity contribution in [2.24, 2.45) is 0 Å². The molecule has 108 valence electrons. The zero-order valence-corrected chi connectivity index (χ0v) is 12.5. The van der Waals surface area contributed by atoms with Gasteiger partial charge < -0.3 is 9.84 Å². The molecule has 7 heteroatoms. The molecule has 1 rings (SSSR count). The highest BCUT2D eigenvalue weighted by Crippen LogP contribution is 2.23. The summed E-state index contributed by atoms with van der Waals surface area (Å²) in [5.74, 6) is 0. The standard InChI is InChI=1S/C12H18ClNO4S/c1-10-3-4-11(13)9-12(10)19(16,17)14(5-7-15)6-8-18-2/h3-4,9,15H,5-8H2,1-2H3. The van der Waals surface area contributed by atoms with E-state index in [-0.39, 0.29) is 31.2 Å². The molecule has 0 saturated heterocycles. The van der Waals surface area contributed by atoms with Gasteiger partial charge in [-0.15, -0.1) is 0 Å². The predicted molar refractivity (Wildman–Crippen MR) is 73.9 cm³/mol. The quantitative estimate of drug-likeness (QED) is 0.824. The Hall–Kier alpha value is -0.660. The Labute approximate surface area is 118 Å². The second-order valence-electron chi connectivity index (χ2n) is 4.03. The first-order valence-corrected chi connectivity index (χ1v) is 7.61. The summed E-state index contributed by atoms with van der Waals surface area (Å²) in [6.45, 7) is 1.93. The molecule has 19 heavy (non-hydrogen) atoms. The summed E-state index contributed by atoms with van der Waals surface area (Å²) in [6, 6.07) is 4.72. The molecule has 5 nitrogen and oxygen atoms in total. The van der Waals surface area contributed by atoms with Crippen molar-refractivity contribution in [3.63, 3.8) is 0 Å². The van der Waals surface area contributed by atoms with E-state index in [9.17, 15) is 8.42 Å². The second kappa shape index (κ2) is 7.21. The van der Waals surface area contributed by atoms with Gasteiger partial charge in [0.25, 0.3) is 0 Å². The lowest BCUT2D eigenvalue weighted by Crippen LogP contribution is -2.36. The molecule has 0 unspecified atom stereocenters. The van der Waals surface area contributed by atoms with Crippen LogP contribution in [0.2, 0.25) is 5.02 Å². The zero-order valence-electron chi connectivity index (χ0n) is 11.0. The topological polar surface area (TPSA) is 66.8 Å². The number of hydrogen-bond acceptors (Lipinski definition) is 4. The lowest BCUT2D eigenvalue weighted by molar-refractivity contribution is 0.168. The molecule has 0 aromatic heterocycles. The van der Waals surface area contributed by atoms with Crippen LogP contribution in [0.4, 0.5) is 0 Å². The van der Waals surface area contributed by atoms with E-state index in [1.165, 1.54) is 17.5 Å². The maximum atomic E-state index is 12.5. The van der Waals surface area contributed by atoms with Crippen LogP contribution in [0.25, 0.3) is 0 Å². The molecule has 0 heterocycles. The fourth-order valence-electron chi connectivity index (χ4n) is 1.65. The van der Waals surface area contributed by atoms with E-state index in [4.69, 9.17) is 21.4 Å². The molecule has 1 aromatic carbocycles. The number of benzene rings is 1. The number of hydrogen-bond donors (Lipinski definition) is 1. The third-order valence-corrected chi connectivity index (χ3v) is 4.94. The fraction of sp³-hybridized carbons (Fsp3) is 0.500. The highest BCUT2D eigenvalue weighted by Gasteiger charge is 2.25. The third-order valence-electron chi connectivity index (χ3n) is 2.66. The van der Waals surface area contributed by atoms with Gasteiger partial charge in [-0.1, -0.05) is 17.7 Å². The van der Waals surface area contributed by atoms with Gasteiger partial charge in [0.2, 0.25) is 10.0 Å². The van der Waals surface area contributed by atoms with Crippen LogP contribution < -0.4 is 0 Å². The van der Waals surface area contributed by atoms with Gasteiger partial charge in [0.15, 0.2) is 0 Å². The Bertz CT molecular complexity index is 518. The summed E-state index contributed by atoms with van der Waals surface area (Å²) >= 11 is 5.85. The van der Waals surface area contributed by atoms with E-state index < -0.39 is 10.0 Å². The van der Waals surface area contributed by atoms with Crippen LogP contribution in [0.5, 0.6) is 0 Å². The number of aliphatic hydroxyl groups is 1. The van der Waals surface area contributed by atoms with Crippen molar-refractivity contribution in [3.8, 4) is 0 Å². The van der Waals surface area contributed by atoms with Gasteiger partial charge in [0, 0.05) is 25.2 Å². The van der Waals surface area contributed by atoms with Crippen LogP contribution in [0.1, 0.15) is 5.56 Å². The number of methoxy groups -OCH3 is 1. The molecule has 1 aromatic rings. The number of halogens is 1.